The summed E-state index contributed by atoms with van der Waals surface area (Å²) in [6, 6.07) is 15.7. The predicted octanol–water partition coefficient (Wildman–Crippen LogP) is 6.60. The zero-order valence-electron chi connectivity index (χ0n) is 20.0. The lowest BCUT2D eigenvalue weighted by molar-refractivity contribution is -0.134. The van der Waals surface area contributed by atoms with Crippen LogP contribution in [-0.4, -0.2) is 19.5 Å². The summed E-state index contributed by atoms with van der Waals surface area (Å²) in [6.07, 6.45) is 8.21. The summed E-state index contributed by atoms with van der Waals surface area (Å²) in [5.41, 5.74) is 6.53. The van der Waals surface area contributed by atoms with Crippen molar-refractivity contribution < 1.29 is 9.47 Å². The monoisotopic (exact) mass is 426 g/mol. The molecule has 0 saturated carbocycles. The van der Waals surface area contributed by atoms with Gasteiger partial charge in [-0.1, -0.05) is 66.3 Å². The van der Waals surface area contributed by atoms with E-state index in [4.69, 9.17) is 9.47 Å². The van der Waals surface area contributed by atoms with E-state index in [2.05, 4.69) is 81.5 Å². The van der Waals surface area contributed by atoms with Crippen LogP contribution in [0.1, 0.15) is 41.7 Å². The Kier molecular flexibility index (Phi) is 6.93. The highest BCUT2D eigenvalue weighted by Crippen LogP contribution is 2.33. The maximum absolute atomic E-state index is 5.94. The van der Waals surface area contributed by atoms with Crippen LogP contribution in [0.5, 0.6) is 0 Å². The van der Waals surface area contributed by atoms with E-state index in [1.54, 1.807) is 0 Å². The summed E-state index contributed by atoms with van der Waals surface area (Å²) in [5.74, 6) is 0. The Morgan fingerprint density at radius 2 is 1.62 bits per heavy atom. The topological polar surface area (TPSA) is 18.5 Å². The van der Waals surface area contributed by atoms with Gasteiger partial charge in [-0.3, -0.25) is 0 Å². The second kappa shape index (κ2) is 9.85. The summed E-state index contributed by atoms with van der Waals surface area (Å²) in [6.45, 7) is 12.0. The van der Waals surface area contributed by atoms with E-state index in [9.17, 15) is 0 Å². The van der Waals surface area contributed by atoms with E-state index in [1.165, 1.54) is 54.6 Å². The molecule has 32 heavy (non-hydrogen) atoms. The van der Waals surface area contributed by atoms with Crippen LogP contribution in [-0.2, 0) is 22.3 Å². The SMILES string of the molecule is CCOC(Cc1ccc2c3c(c4cccc(C)ccc(C)c(c4C)c13)=CC=CC2)OCC. The lowest BCUT2D eigenvalue weighted by Gasteiger charge is -2.21. The van der Waals surface area contributed by atoms with Crippen LogP contribution in [0.3, 0.4) is 0 Å². The summed E-state index contributed by atoms with van der Waals surface area (Å²) >= 11 is 0. The number of hydrogen-bond acceptors (Lipinski definition) is 2. The molecule has 0 heterocycles. The minimum Gasteiger partial charge on any atom is -0.353 e. The van der Waals surface area contributed by atoms with Gasteiger partial charge in [-0.2, -0.15) is 0 Å². The van der Waals surface area contributed by atoms with Crippen LogP contribution in [0.4, 0.5) is 0 Å². The van der Waals surface area contributed by atoms with E-state index in [1.807, 2.05) is 13.8 Å². The molecular formula is C30H34O2. The average Bonchev–Trinajstić information content (AvgIpc) is 2.99. The summed E-state index contributed by atoms with van der Waals surface area (Å²) in [4.78, 5) is 0. The zero-order valence-corrected chi connectivity index (χ0v) is 20.0. The largest absolute Gasteiger partial charge is 0.353 e. The maximum atomic E-state index is 5.94. The molecule has 0 unspecified atom stereocenters. The standard InChI is InChI=1S/C30H34O2/c1-6-31-27(32-7-2)19-24-18-17-23-12-8-9-13-26-25-14-10-11-20(3)15-16-21(4)28(22(25)5)30(24)29(23)26/h8-11,13-18,27H,6-7,12,19H2,1-5H3. The van der Waals surface area contributed by atoms with E-state index < -0.39 is 0 Å². The smallest absolute Gasteiger partial charge is 0.161 e. The third-order valence-electron chi connectivity index (χ3n) is 6.41. The van der Waals surface area contributed by atoms with Crippen molar-refractivity contribution in [2.45, 2.75) is 53.8 Å². The molecule has 0 aliphatic heterocycles. The van der Waals surface area contributed by atoms with Gasteiger partial charge >= 0.3 is 0 Å². The minimum absolute atomic E-state index is 0.234. The summed E-state index contributed by atoms with van der Waals surface area (Å²) in [5, 5.41) is 6.68. The highest BCUT2D eigenvalue weighted by molar-refractivity contribution is 6.09. The molecule has 1 aliphatic carbocycles. The van der Waals surface area contributed by atoms with Gasteiger partial charge < -0.3 is 9.47 Å². The lowest BCUT2D eigenvalue weighted by atomic mass is 9.87. The molecule has 0 saturated heterocycles. The van der Waals surface area contributed by atoms with Gasteiger partial charge in [-0.25, -0.2) is 0 Å². The molecule has 4 rings (SSSR count). The highest BCUT2D eigenvalue weighted by Gasteiger charge is 2.18. The van der Waals surface area contributed by atoms with Gasteiger partial charge in [0.1, 0.15) is 0 Å². The van der Waals surface area contributed by atoms with Crippen LogP contribution in [0.15, 0.2) is 54.6 Å². The van der Waals surface area contributed by atoms with Crippen LogP contribution in [0.25, 0.3) is 27.6 Å². The Balaban J connectivity index is 2.19. The van der Waals surface area contributed by atoms with Gasteiger partial charge in [0.2, 0.25) is 0 Å². The number of fused-ring (bicyclic) bond motifs is 4. The van der Waals surface area contributed by atoms with Gasteiger partial charge in [-0.05, 0) is 90.1 Å². The average molecular weight is 427 g/mol. The molecule has 3 aromatic rings. The van der Waals surface area contributed by atoms with Crippen LogP contribution < -0.4 is 5.22 Å². The Bertz CT molecular complexity index is 1280. The first-order chi connectivity index (χ1) is 15.5. The molecule has 2 nitrogen and oxygen atoms in total. The minimum atomic E-state index is -0.234. The van der Waals surface area contributed by atoms with Gasteiger partial charge in [0.05, 0.1) is 0 Å². The van der Waals surface area contributed by atoms with E-state index >= 15 is 0 Å². The van der Waals surface area contributed by atoms with Crippen LogP contribution >= 0.6 is 0 Å². The fourth-order valence-corrected chi connectivity index (χ4v) is 4.93. The first kappa shape index (κ1) is 22.5. The number of ether oxygens (including phenoxy) is 2. The maximum Gasteiger partial charge on any atom is 0.161 e. The normalized spacial score (nSPS) is 12.8. The molecule has 2 heteroatoms. The number of benzene rings is 2. The highest BCUT2D eigenvalue weighted by atomic mass is 16.7. The lowest BCUT2D eigenvalue weighted by Crippen LogP contribution is -2.21. The first-order valence-electron chi connectivity index (χ1n) is 11.8. The van der Waals surface area contributed by atoms with Crippen molar-refractivity contribution in [1.29, 1.82) is 0 Å². The molecule has 0 amide bonds. The van der Waals surface area contributed by atoms with Gasteiger partial charge in [0.15, 0.2) is 6.29 Å². The molecule has 1 aliphatic rings. The fraction of sp³-hybridized carbons (Fsp3) is 0.333. The Morgan fingerprint density at radius 3 is 2.38 bits per heavy atom. The summed E-state index contributed by atoms with van der Waals surface area (Å²) in [7, 11) is 0. The molecule has 3 aromatic carbocycles. The van der Waals surface area contributed by atoms with Gasteiger partial charge in [0.25, 0.3) is 0 Å². The number of allylic oxidation sites excluding steroid dienone is 2. The van der Waals surface area contributed by atoms with Crippen molar-refractivity contribution in [3.8, 4) is 0 Å². The molecule has 2 bridgehead atoms. The fourth-order valence-electron chi connectivity index (χ4n) is 4.93. The molecule has 166 valence electrons. The Labute approximate surface area is 191 Å². The number of aryl methyl sites for hydroxylation is 3. The van der Waals surface area contributed by atoms with Crippen LogP contribution in [0, 0.1) is 20.8 Å². The zero-order chi connectivity index (χ0) is 22.7. The molecular weight excluding hydrogens is 392 g/mol. The third-order valence-corrected chi connectivity index (χ3v) is 6.41. The van der Waals surface area contributed by atoms with Gasteiger partial charge in [-0.15, -0.1) is 0 Å². The first-order valence-corrected chi connectivity index (χ1v) is 11.8. The molecule has 0 radical (unpaired) electrons. The van der Waals surface area contributed by atoms with Crippen molar-refractivity contribution in [2.75, 3.05) is 13.2 Å². The van der Waals surface area contributed by atoms with Crippen molar-refractivity contribution in [3.63, 3.8) is 0 Å². The second-order valence-electron chi connectivity index (χ2n) is 8.59. The van der Waals surface area contributed by atoms with Crippen molar-refractivity contribution >= 4 is 27.6 Å². The number of hydrogen-bond donors (Lipinski definition) is 0. The third kappa shape index (κ3) is 4.30. The molecule has 0 atom stereocenters. The Hall–Kier alpha value is -2.68. The molecule has 0 N–H and O–H groups in total. The summed E-state index contributed by atoms with van der Waals surface area (Å²) < 4.78 is 11.9. The molecule has 0 spiro atoms. The Morgan fingerprint density at radius 1 is 0.844 bits per heavy atom. The second-order valence-corrected chi connectivity index (χ2v) is 8.59. The van der Waals surface area contributed by atoms with E-state index in [0.29, 0.717) is 13.2 Å². The molecule has 0 fully saturated rings. The van der Waals surface area contributed by atoms with Crippen molar-refractivity contribution in [3.05, 3.63) is 87.7 Å². The van der Waals surface area contributed by atoms with E-state index in [-0.39, 0.29) is 6.29 Å². The van der Waals surface area contributed by atoms with Crippen molar-refractivity contribution in [2.24, 2.45) is 0 Å². The van der Waals surface area contributed by atoms with Gasteiger partial charge in [0, 0.05) is 19.6 Å². The number of rotatable bonds is 6. The predicted molar refractivity (Wildman–Crippen MR) is 137 cm³/mol. The van der Waals surface area contributed by atoms with Crippen LogP contribution in [0.2, 0.25) is 0 Å². The quantitative estimate of drug-likeness (QED) is 0.414. The van der Waals surface area contributed by atoms with Crippen molar-refractivity contribution in [1.82, 2.24) is 0 Å². The van der Waals surface area contributed by atoms with E-state index in [0.717, 1.165) is 12.8 Å². The molecule has 0 aromatic heterocycles.